The van der Waals surface area contributed by atoms with Crippen molar-refractivity contribution < 1.29 is 17.2 Å². The van der Waals surface area contributed by atoms with E-state index in [4.69, 9.17) is 0 Å². The summed E-state index contributed by atoms with van der Waals surface area (Å²) in [6, 6.07) is 16.9. The van der Waals surface area contributed by atoms with Crippen molar-refractivity contribution in [2.75, 3.05) is 10.0 Å². The number of halogens is 2. The molecule has 3 aromatic rings. The summed E-state index contributed by atoms with van der Waals surface area (Å²) in [5.41, 5.74) is 2.11. The number of sulfonamides is 1. The van der Waals surface area contributed by atoms with Crippen molar-refractivity contribution in [3.63, 3.8) is 0 Å². The van der Waals surface area contributed by atoms with Gasteiger partial charge in [0.2, 0.25) is 0 Å². The summed E-state index contributed by atoms with van der Waals surface area (Å²) in [5, 5.41) is 3.41. The molecule has 3 atom stereocenters. The Balaban J connectivity index is 1.52. The monoisotopic (exact) mass is 438 g/mol. The smallest absolute Gasteiger partial charge is 0.261 e. The molecule has 7 heteroatoms. The van der Waals surface area contributed by atoms with Crippen molar-refractivity contribution in [2.45, 2.75) is 23.3 Å². The van der Waals surface area contributed by atoms with Gasteiger partial charge in [-0.3, -0.25) is 4.72 Å². The van der Waals surface area contributed by atoms with Crippen molar-refractivity contribution in [3.05, 3.63) is 102 Å². The van der Waals surface area contributed by atoms with Gasteiger partial charge in [-0.1, -0.05) is 42.5 Å². The lowest BCUT2D eigenvalue weighted by Crippen LogP contribution is -2.30. The summed E-state index contributed by atoms with van der Waals surface area (Å²) in [6.45, 7) is 0. The fraction of sp³-hybridized carbons (Fsp3) is 0.167. The van der Waals surface area contributed by atoms with Crippen LogP contribution in [0.4, 0.5) is 20.2 Å². The molecule has 1 aliphatic carbocycles. The molecule has 0 fully saturated rings. The number of fused-ring (bicyclic) bond motifs is 3. The molecule has 0 unspecified atom stereocenters. The van der Waals surface area contributed by atoms with Crippen molar-refractivity contribution in [2.24, 2.45) is 5.92 Å². The summed E-state index contributed by atoms with van der Waals surface area (Å²) in [6.07, 6.45) is 4.87. The van der Waals surface area contributed by atoms with E-state index in [1.54, 1.807) is 30.3 Å². The minimum Gasteiger partial charge on any atom is -0.378 e. The molecule has 0 radical (unpaired) electrons. The summed E-state index contributed by atoms with van der Waals surface area (Å²) in [4.78, 5) is 0.0553. The van der Waals surface area contributed by atoms with Crippen LogP contribution in [0.2, 0.25) is 0 Å². The number of para-hydroxylation sites is 1. The summed E-state index contributed by atoms with van der Waals surface area (Å²) < 4.78 is 56.5. The van der Waals surface area contributed by atoms with Crippen LogP contribution in [0.3, 0.4) is 0 Å². The van der Waals surface area contributed by atoms with E-state index in [2.05, 4.69) is 22.2 Å². The molecule has 3 aromatic carbocycles. The maximum absolute atomic E-state index is 14.5. The molecular weight excluding hydrogens is 418 g/mol. The van der Waals surface area contributed by atoms with Crippen molar-refractivity contribution in [3.8, 4) is 0 Å². The van der Waals surface area contributed by atoms with Crippen molar-refractivity contribution in [1.82, 2.24) is 0 Å². The third kappa shape index (κ3) is 3.49. The van der Waals surface area contributed by atoms with Gasteiger partial charge < -0.3 is 5.32 Å². The number of allylic oxidation sites excluding steroid dienone is 2. The highest BCUT2D eigenvalue weighted by molar-refractivity contribution is 7.92. The molecule has 0 saturated carbocycles. The second-order valence-electron chi connectivity index (χ2n) is 7.83. The summed E-state index contributed by atoms with van der Waals surface area (Å²) >= 11 is 0. The SMILES string of the molecule is O=S(=O)(Nc1ccccc1F)c1ccc2c(c1)[C@H]1C=CC[C@H]1[C@@H](c1ccccc1F)N2. The van der Waals surface area contributed by atoms with Gasteiger partial charge in [-0.15, -0.1) is 0 Å². The third-order valence-electron chi connectivity index (χ3n) is 6.00. The highest BCUT2D eigenvalue weighted by Crippen LogP contribution is 2.50. The lowest BCUT2D eigenvalue weighted by molar-refractivity contribution is 0.413. The van der Waals surface area contributed by atoms with Crippen LogP contribution in [0.1, 0.15) is 29.5 Å². The first-order valence-corrected chi connectivity index (χ1v) is 11.5. The quantitative estimate of drug-likeness (QED) is 0.522. The number of hydrogen-bond donors (Lipinski definition) is 2. The second kappa shape index (κ2) is 7.50. The van der Waals surface area contributed by atoms with Gasteiger partial charge >= 0.3 is 0 Å². The Morgan fingerprint density at radius 1 is 0.903 bits per heavy atom. The molecule has 5 rings (SSSR count). The first-order valence-electron chi connectivity index (χ1n) is 10.0. The van der Waals surface area contributed by atoms with E-state index in [1.807, 2.05) is 6.07 Å². The lowest BCUT2D eigenvalue weighted by Gasteiger charge is -2.37. The zero-order valence-electron chi connectivity index (χ0n) is 16.4. The highest BCUT2D eigenvalue weighted by Gasteiger charge is 2.39. The van der Waals surface area contributed by atoms with E-state index in [1.165, 1.54) is 30.3 Å². The molecule has 1 aliphatic heterocycles. The number of benzene rings is 3. The maximum atomic E-state index is 14.5. The predicted molar refractivity (Wildman–Crippen MR) is 116 cm³/mol. The first kappa shape index (κ1) is 19.8. The standard InChI is InChI=1S/C24H20F2N2O2S/c25-20-9-2-1-6-18(20)24-17-8-5-7-16(17)19-14-15(12-13-22(19)27-24)31(29,30)28-23-11-4-3-10-21(23)26/h1-7,9-14,16-17,24,27-28H,8H2/t16-,17+,24-/m0/s1. The molecule has 31 heavy (non-hydrogen) atoms. The fourth-order valence-electron chi connectivity index (χ4n) is 4.52. The maximum Gasteiger partial charge on any atom is 0.261 e. The van der Waals surface area contributed by atoms with E-state index in [9.17, 15) is 17.2 Å². The Morgan fingerprint density at radius 2 is 1.65 bits per heavy atom. The van der Waals surface area contributed by atoms with Crippen LogP contribution in [0, 0.1) is 17.6 Å². The Morgan fingerprint density at radius 3 is 2.42 bits per heavy atom. The topological polar surface area (TPSA) is 58.2 Å². The minimum absolute atomic E-state index is 0.0375. The number of hydrogen-bond acceptors (Lipinski definition) is 3. The zero-order valence-corrected chi connectivity index (χ0v) is 17.2. The van der Waals surface area contributed by atoms with Crippen molar-refractivity contribution >= 4 is 21.4 Å². The number of nitrogens with one attached hydrogen (secondary N) is 2. The third-order valence-corrected chi connectivity index (χ3v) is 7.37. The normalized spacial score (nSPS) is 21.8. The average Bonchev–Trinajstić information content (AvgIpc) is 3.25. The molecule has 0 spiro atoms. The molecule has 0 saturated heterocycles. The first-order chi connectivity index (χ1) is 14.9. The van der Waals surface area contributed by atoms with Crippen LogP contribution in [0.15, 0.2) is 83.8 Å². The zero-order chi connectivity index (χ0) is 21.6. The van der Waals surface area contributed by atoms with Crippen molar-refractivity contribution in [1.29, 1.82) is 0 Å². The van der Waals surface area contributed by atoms with Crippen LogP contribution in [0.5, 0.6) is 0 Å². The molecule has 0 bridgehead atoms. The van der Waals surface area contributed by atoms with Crippen LogP contribution in [-0.2, 0) is 10.0 Å². The van der Waals surface area contributed by atoms with Gasteiger partial charge in [-0.25, -0.2) is 17.2 Å². The van der Waals surface area contributed by atoms with E-state index < -0.39 is 15.8 Å². The fourth-order valence-corrected chi connectivity index (χ4v) is 5.62. The molecule has 0 aromatic heterocycles. The number of anilines is 2. The minimum atomic E-state index is -3.97. The predicted octanol–water partition coefficient (Wildman–Crippen LogP) is 5.59. The average molecular weight is 438 g/mol. The van der Waals surface area contributed by atoms with Gasteiger partial charge in [0.15, 0.2) is 0 Å². The molecule has 2 N–H and O–H groups in total. The van der Waals surface area contributed by atoms with Gasteiger partial charge in [0.05, 0.1) is 16.6 Å². The molecule has 158 valence electrons. The van der Waals surface area contributed by atoms with Gasteiger partial charge in [-0.2, -0.15) is 0 Å². The molecule has 0 amide bonds. The van der Waals surface area contributed by atoms with Gasteiger partial charge in [0.1, 0.15) is 11.6 Å². The van der Waals surface area contributed by atoms with Crippen LogP contribution >= 0.6 is 0 Å². The van der Waals surface area contributed by atoms with E-state index in [-0.39, 0.29) is 34.3 Å². The number of rotatable bonds is 4. The highest BCUT2D eigenvalue weighted by atomic mass is 32.2. The summed E-state index contributed by atoms with van der Waals surface area (Å²) in [7, 11) is -3.97. The van der Waals surface area contributed by atoms with Crippen LogP contribution in [0.25, 0.3) is 0 Å². The molecular formula is C24H20F2N2O2S. The Kier molecular flexibility index (Phi) is 4.78. The Labute approximate surface area is 179 Å². The van der Waals surface area contributed by atoms with Crippen LogP contribution in [-0.4, -0.2) is 8.42 Å². The molecule has 1 heterocycles. The van der Waals surface area contributed by atoms with E-state index in [0.717, 1.165) is 17.7 Å². The van der Waals surface area contributed by atoms with Gasteiger partial charge in [0.25, 0.3) is 10.0 Å². The van der Waals surface area contributed by atoms with E-state index in [0.29, 0.717) is 5.56 Å². The summed E-state index contributed by atoms with van der Waals surface area (Å²) in [5.74, 6) is -0.869. The molecule has 2 aliphatic rings. The van der Waals surface area contributed by atoms with Gasteiger partial charge in [-0.05, 0) is 54.3 Å². The van der Waals surface area contributed by atoms with Gasteiger partial charge in [0, 0.05) is 17.2 Å². The van der Waals surface area contributed by atoms with E-state index >= 15 is 0 Å². The molecule has 4 nitrogen and oxygen atoms in total. The lowest BCUT2D eigenvalue weighted by atomic mass is 9.77. The Hall–Kier alpha value is -3.19. The Bertz CT molecular complexity index is 1290. The largest absolute Gasteiger partial charge is 0.378 e. The van der Waals surface area contributed by atoms with Crippen LogP contribution < -0.4 is 10.0 Å². The second-order valence-corrected chi connectivity index (χ2v) is 9.51.